The summed E-state index contributed by atoms with van der Waals surface area (Å²) in [4.78, 5) is 34.7. The summed E-state index contributed by atoms with van der Waals surface area (Å²) in [5.74, 6) is -1.51. The van der Waals surface area contributed by atoms with E-state index in [1.54, 1.807) is 0 Å². The molecule has 0 saturated carbocycles. The van der Waals surface area contributed by atoms with Crippen LogP contribution in [0.2, 0.25) is 0 Å². The summed E-state index contributed by atoms with van der Waals surface area (Å²) >= 11 is 11.2. The highest BCUT2D eigenvalue weighted by Gasteiger charge is 2.39. The molecule has 0 saturated heterocycles. The molecule has 0 bridgehead atoms. The fourth-order valence-electron chi connectivity index (χ4n) is 1.95. The number of amidine groups is 1. The molecule has 25 heavy (non-hydrogen) atoms. The van der Waals surface area contributed by atoms with Crippen molar-refractivity contribution in [3.63, 3.8) is 0 Å². The number of benzene rings is 1. The van der Waals surface area contributed by atoms with Gasteiger partial charge in [-0.3, -0.25) is 29.9 Å². The number of nitro benzene ring substituents is 2. The Morgan fingerprint density at radius 1 is 1.28 bits per heavy atom. The summed E-state index contributed by atoms with van der Waals surface area (Å²) in [6, 6.07) is 2.25. The Morgan fingerprint density at radius 2 is 1.92 bits per heavy atom. The molecular weight excluding hydrogens is 391 g/mol. The van der Waals surface area contributed by atoms with Crippen LogP contribution >= 0.6 is 23.4 Å². The number of carbonyl (C=O) groups is 1. The van der Waals surface area contributed by atoms with E-state index in [1.165, 1.54) is 0 Å². The lowest BCUT2D eigenvalue weighted by atomic mass is 10.2. The van der Waals surface area contributed by atoms with Gasteiger partial charge in [0.25, 0.3) is 11.4 Å². The van der Waals surface area contributed by atoms with Gasteiger partial charge in [-0.05, 0) is 0 Å². The molecule has 1 atom stereocenters. The lowest BCUT2D eigenvalue weighted by molar-refractivity contribution is -0.388. The lowest BCUT2D eigenvalue weighted by Gasteiger charge is -2.33. The second-order valence-electron chi connectivity index (χ2n) is 4.40. The molecule has 1 unspecified atom stereocenters. The monoisotopic (exact) mass is 395 g/mol. The zero-order valence-electron chi connectivity index (χ0n) is 11.7. The van der Waals surface area contributed by atoms with Crippen molar-refractivity contribution in [1.29, 1.82) is 0 Å². The first-order chi connectivity index (χ1) is 11.7. The quantitative estimate of drug-likeness (QED) is 0.248. The van der Waals surface area contributed by atoms with Crippen molar-refractivity contribution >= 4 is 52.9 Å². The zero-order chi connectivity index (χ0) is 18.9. The molecule has 1 aliphatic rings. The van der Waals surface area contributed by atoms with Gasteiger partial charge in [0.15, 0.2) is 6.17 Å². The smallest absolute Gasteiger partial charge is 0.281 e. The summed E-state index contributed by atoms with van der Waals surface area (Å²) in [6.45, 7) is 0. The average Bonchev–Trinajstić information content (AvgIpc) is 2.56. The van der Waals surface area contributed by atoms with Crippen LogP contribution in [-0.4, -0.2) is 32.9 Å². The molecular formula is C11H5Cl2F2N5O5. The molecule has 10 nitrogen and oxygen atoms in total. The first kappa shape index (κ1) is 18.5. The normalized spacial score (nSPS) is 17.2. The third-order valence-electron chi connectivity index (χ3n) is 3.03. The minimum Gasteiger partial charge on any atom is -0.281 e. The van der Waals surface area contributed by atoms with Crippen LogP contribution in [0.5, 0.6) is 0 Å². The third-order valence-corrected chi connectivity index (χ3v) is 3.70. The molecule has 1 aliphatic heterocycles. The van der Waals surface area contributed by atoms with Gasteiger partial charge >= 0.3 is 6.09 Å². The van der Waals surface area contributed by atoms with E-state index in [0.29, 0.717) is 11.0 Å². The van der Waals surface area contributed by atoms with Gasteiger partial charge in [0, 0.05) is 30.0 Å². The number of amides is 1. The van der Waals surface area contributed by atoms with Crippen molar-refractivity contribution in [3.05, 3.63) is 49.4 Å². The molecule has 1 amide bonds. The predicted octanol–water partition coefficient (Wildman–Crippen LogP) is 2.96. The van der Waals surface area contributed by atoms with Crippen LogP contribution in [0.1, 0.15) is 0 Å². The zero-order valence-corrected chi connectivity index (χ0v) is 13.2. The van der Waals surface area contributed by atoms with E-state index < -0.39 is 50.1 Å². The molecule has 0 spiro atoms. The number of aliphatic imine (C=N–C) groups is 1. The van der Waals surface area contributed by atoms with Gasteiger partial charge in [-0.1, -0.05) is 11.6 Å². The summed E-state index contributed by atoms with van der Waals surface area (Å²) in [7, 11) is 0. The van der Waals surface area contributed by atoms with E-state index in [2.05, 4.69) is 4.99 Å². The highest BCUT2D eigenvalue weighted by atomic mass is 35.5. The van der Waals surface area contributed by atoms with Gasteiger partial charge < -0.3 is 0 Å². The summed E-state index contributed by atoms with van der Waals surface area (Å²) in [5.41, 5.74) is -2.01. The van der Waals surface area contributed by atoms with E-state index >= 15 is 0 Å². The fourth-order valence-corrected chi connectivity index (χ4v) is 2.48. The highest BCUT2D eigenvalue weighted by Crippen LogP contribution is 2.38. The maximum absolute atomic E-state index is 13.6. The van der Waals surface area contributed by atoms with Crippen molar-refractivity contribution in [3.8, 4) is 0 Å². The van der Waals surface area contributed by atoms with Crippen LogP contribution in [0.25, 0.3) is 0 Å². The SMILES string of the molecule is O=CN(c1cc([N+](=O)[O-])ccc1[N+](=O)[O-])C1C(Cl)=C(F)N=C(F)N1Cl. The Labute approximate surface area is 146 Å². The van der Waals surface area contributed by atoms with Crippen molar-refractivity contribution in [1.82, 2.24) is 4.42 Å². The van der Waals surface area contributed by atoms with E-state index in [9.17, 15) is 33.8 Å². The Morgan fingerprint density at radius 3 is 2.44 bits per heavy atom. The molecule has 0 aliphatic carbocycles. The van der Waals surface area contributed by atoms with Crippen LogP contribution in [0.4, 0.5) is 25.8 Å². The number of hydrogen-bond acceptors (Lipinski definition) is 7. The van der Waals surface area contributed by atoms with Gasteiger partial charge in [-0.15, -0.1) is 0 Å². The van der Waals surface area contributed by atoms with Crippen LogP contribution < -0.4 is 4.90 Å². The molecule has 132 valence electrons. The van der Waals surface area contributed by atoms with E-state index in [1.807, 2.05) is 0 Å². The Balaban J connectivity index is 2.67. The Bertz CT molecular complexity index is 833. The van der Waals surface area contributed by atoms with Gasteiger partial charge in [0.05, 0.1) is 9.85 Å². The molecule has 0 aromatic heterocycles. The highest BCUT2D eigenvalue weighted by molar-refractivity contribution is 6.33. The third kappa shape index (κ3) is 3.34. The first-order valence-electron chi connectivity index (χ1n) is 6.09. The number of nitrogens with zero attached hydrogens (tertiary/aromatic N) is 5. The second kappa shape index (κ2) is 6.94. The number of anilines is 1. The average molecular weight is 396 g/mol. The van der Waals surface area contributed by atoms with E-state index in [4.69, 9.17) is 23.4 Å². The number of non-ortho nitro benzene ring substituents is 1. The van der Waals surface area contributed by atoms with Gasteiger partial charge in [0.1, 0.15) is 10.7 Å². The van der Waals surface area contributed by atoms with Crippen molar-refractivity contribution < 1.29 is 23.4 Å². The molecule has 0 fully saturated rings. The lowest BCUT2D eigenvalue weighted by Crippen LogP contribution is -2.47. The van der Waals surface area contributed by atoms with Crippen LogP contribution in [0.15, 0.2) is 34.2 Å². The summed E-state index contributed by atoms with van der Waals surface area (Å²) in [5, 5.41) is 21.1. The number of rotatable bonds is 5. The largest absolute Gasteiger partial charge is 0.304 e. The molecule has 1 aromatic rings. The first-order valence-corrected chi connectivity index (χ1v) is 6.81. The Hall–Kier alpha value is -2.86. The number of halogens is 4. The summed E-state index contributed by atoms with van der Waals surface area (Å²) in [6.07, 6.45) is -3.53. The van der Waals surface area contributed by atoms with E-state index in [-0.39, 0.29) is 10.8 Å². The summed E-state index contributed by atoms with van der Waals surface area (Å²) < 4.78 is 27.3. The van der Waals surface area contributed by atoms with Gasteiger partial charge in [0.2, 0.25) is 12.4 Å². The van der Waals surface area contributed by atoms with Crippen LogP contribution in [-0.2, 0) is 4.79 Å². The minimum atomic E-state index is -1.89. The maximum atomic E-state index is 13.6. The van der Waals surface area contributed by atoms with Gasteiger partial charge in [-0.25, -0.2) is 4.42 Å². The molecule has 14 heteroatoms. The maximum Gasteiger partial charge on any atom is 0.304 e. The topological polar surface area (TPSA) is 122 Å². The predicted molar refractivity (Wildman–Crippen MR) is 82.3 cm³/mol. The standard InChI is InChI=1S/C11H5Cl2F2N5O5/c12-8-9(14)16-11(15)18(13)10(8)17(4-21)7-3-5(19(22)23)1-2-6(7)20(24)25/h1-4,10H. The van der Waals surface area contributed by atoms with Crippen molar-refractivity contribution in [2.75, 3.05) is 4.90 Å². The second-order valence-corrected chi connectivity index (χ2v) is 5.18. The molecule has 1 heterocycles. The van der Waals surface area contributed by atoms with Crippen molar-refractivity contribution in [2.45, 2.75) is 6.17 Å². The molecule has 1 aromatic carbocycles. The number of hydrogen-bond donors (Lipinski definition) is 0. The van der Waals surface area contributed by atoms with Gasteiger partial charge in [-0.2, -0.15) is 13.8 Å². The molecule has 2 rings (SSSR count). The molecule has 0 N–H and O–H groups in total. The van der Waals surface area contributed by atoms with Crippen LogP contribution in [0, 0.1) is 20.2 Å². The van der Waals surface area contributed by atoms with E-state index in [0.717, 1.165) is 12.1 Å². The molecule has 0 radical (unpaired) electrons. The number of carbonyl (C=O) groups excluding carboxylic acids is 1. The van der Waals surface area contributed by atoms with Crippen LogP contribution in [0.3, 0.4) is 0 Å². The minimum absolute atomic E-state index is 0.0691. The number of nitro groups is 2. The fraction of sp³-hybridized carbons (Fsp3) is 0.0909. The van der Waals surface area contributed by atoms with Crippen molar-refractivity contribution in [2.24, 2.45) is 4.99 Å². The Kier molecular flexibility index (Phi) is 5.13.